The quantitative estimate of drug-likeness (QED) is 0.650. The summed E-state index contributed by atoms with van der Waals surface area (Å²) in [6, 6.07) is 0. The second-order valence-corrected chi connectivity index (χ2v) is 4.32. The lowest BCUT2D eigenvalue weighted by Gasteiger charge is -2.22. The smallest absolute Gasteiger partial charge is 0.143 e. The molecule has 1 aromatic rings. The van der Waals surface area contributed by atoms with Gasteiger partial charge in [0.05, 0.1) is 5.88 Å². The van der Waals surface area contributed by atoms with E-state index >= 15 is 0 Å². The summed E-state index contributed by atoms with van der Waals surface area (Å²) in [5, 5.41) is 3.99. The lowest BCUT2D eigenvalue weighted by molar-refractivity contribution is 0.324. The van der Waals surface area contributed by atoms with Gasteiger partial charge in [0.25, 0.3) is 0 Å². The Hall–Kier alpha value is -0.500. The molecule has 0 spiro atoms. The number of hydrogen-bond donors (Lipinski definition) is 0. The lowest BCUT2D eigenvalue weighted by atomic mass is 9.82. The number of hydrogen-bond acceptors (Lipinski definition) is 2. The summed E-state index contributed by atoms with van der Waals surface area (Å²) < 4.78 is 5.30. The van der Waals surface area contributed by atoms with Crippen LogP contribution in [0.5, 0.6) is 0 Å². The molecule has 0 amide bonds. The minimum atomic E-state index is 0.471. The van der Waals surface area contributed by atoms with Gasteiger partial charge in [-0.3, -0.25) is 0 Å². The van der Waals surface area contributed by atoms with Crippen molar-refractivity contribution in [2.45, 2.75) is 38.5 Å². The molecule has 2 rings (SSSR count). The average Bonchev–Trinajstić information content (AvgIpc) is 2.47. The van der Waals surface area contributed by atoms with E-state index in [0.29, 0.717) is 11.8 Å². The summed E-state index contributed by atoms with van der Waals surface area (Å²) in [7, 11) is 0. The van der Waals surface area contributed by atoms with Gasteiger partial charge in [-0.2, -0.15) is 0 Å². The number of nitrogens with zero attached hydrogens (tertiary/aromatic N) is 1. The number of aromatic nitrogens is 1. The van der Waals surface area contributed by atoms with Crippen LogP contribution < -0.4 is 0 Å². The molecule has 0 aliphatic heterocycles. The van der Waals surface area contributed by atoms with E-state index < -0.39 is 0 Å². The second-order valence-electron chi connectivity index (χ2n) is 4.05. The summed E-state index contributed by atoms with van der Waals surface area (Å²) in [6.07, 6.45) is 2.27. The Morgan fingerprint density at radius 1 is 1.54 bits per heavy atom. The molecule has 1 aliphatic rings. The molecular weight excluding hydrogens is 186 g/mol. The van der Waals surface area contributed by atoms with E-state index in [1.807, 2.05) is 0 Å². The highest BCUT2D eigenvalue weighted by molar-refractivity contribution is 6.17. The fourth-order valence-electron chi connectivity index (χ4n) is 2.21. The van der Waals surface area contributed by atoms with Gasteiger partial charge < -0.3 is 4.52 Å². The summed E-state index contributed by atoms with van der Waals surface area (Å²) in [6.45, 7) is 4.46. The van der Waals surface area contributed by atoms with Gasteiger partial charge >= 0.3 is 0 Å². The maximum absolute atomic E-state index is 5.78. The van der Waals surface area contributed by atoms with Crippen molar-refractivity contribution in [3.8, 4) is 0 Å². The zero-order chi connectivity index (χ0) is 9.42. The largest absolute Gasteiger partial charge is 0.361 e. The van der Waals surface area contributed by atoms with Crippen molar-refractivity contribution in [1.82, 2.24) is 5.16 Å². The molecule has 72 valence electrons. The Balaban J connectivity index is 2.40. The molecule has 2 unspecified atom stereocenters. The highest BCUT2D eigenvalue weighted by Gasteiger charge is 2.28. The summed E-state index contributed by atoms with van der Waals surface area (Å²) >= 11 is 5.78. The lowest BCUT2D eigenvalue weighted by Crippen LogP contribution is -2.13. The van der Waals surface area contributed by atoms with Crippen molar-refractivity contribution in [2.24, 2.45) is 5.92 Å². The van der Waals surface area contributed by atoms with Crippen LogP contribution in [0.2, 0.25) is 0 Å². The van der Waals surface area contributed by atoms with Gasteiger partial charge in [-0.1, -0.05) is 19.0 Å². The van der Waals surface area contributed by atoms with Crippen LogP contribution in [0.1, 0.15) is 43.2 Å². The molecule has 0 saturated heterocycles. The fraction of sp³-hybridized carbons (Fsp3) is 0.700. The molecule has 2 atom stereocenters. The van der Waals surface area contributed by atoms with Crippen molar-refractivity contribution < 1.29 is 4.52 Å². The van der Waals surface area contributed by atoms with Crippen LogP contribution in [0.4, 0.5) is 0 Å². The molecule has 13 heavy (non-hydrogen) atoms. The normalized spacial score (nSPS) is 27.3. The molecule has 1 aliphatic carbocycles. The van der Waals surface area contributed by atoms with Crippen LogP contribution in [0.3, 0.4) is 0 Å². The average molecular weight is 200 g/mol. The monoisotopic (exact) mass is 199 g/mol. The van der Waals surface area contributed by atoms with E-state index in [0.717, 1.165) is 23.8 Å². The van der Waals surface area contributed by atoms with E-state index in [1.54, 1.807) is 0 Å². The van der Waals surface area contributed by atoms with Crippen LogP contribution in [-0.4, -0.2) is 5.16 Å². The SMILES string of the molecule is CC1Cc2c(CCl)noc2C(C)C1. The maximum atomic E-state index is 5.78. The summed E-state index contributed by atoms with van der Waals surface area (Å²) in [5.41, 5.74) is 2.20. The molecule has 1 aromatic heterocycles. The molecular formula is C10H14ClNO. The third kappa shape index (κ3) is 1.48. The van der Waals surface area contributed by atoms with Gasteiger partial charge in [0.15, 0.2) is 0 Å². The molecule has 1 heterocycles. The molecule has 0 N–H and O–H groups in total. The fourth-order valence-corrected chi connectivity index (χ4v) is 2.42. The van der Waals surface area contributed by atoms with Gasteiger partial charge in [-0.25, -0.2) is 0 Å². The first-order chi connectivity index (χ1) is 6.22. The molecule has 2 nitrogen and oxygen atoms in total. The number of rotatable bonds is 1. The van der Waals surface area contributed by atoms with Crippen LogP contribution in [0.25, 0.3) is 0 Å². The van der Waals surface area contributed by atoms with E-state index in [2.05, 4.69) is 19.0 Å². The Morgan fingerprint density at radius 2 is 2.31 bits per heavy atom. The zero-order valence-electron chi connectivity index (χ0n) is 8.01. The minimum absolute atomic E-state index is 0.471. The van der Waals surface area contributed by atoms with Gasteiger partial charge in [-0.05, 0) is 18.8 Å². The highest BCUT2D eigenvalue weighted by atomic mass is 35.5. The van der Waals surface area contributed by atoms with Crippen molar-refractivity contribution in [3.63, 3.8) is 0 Å². The van der Waals surface area contributed by atoms with Crippen molar-refractivity contribution in [1.29, 1.82) is 0 Å². The van der Waals surface area contributed by atoms with Crippen molar-refractivity contribution in [3.05, 3.63) is 17.0 Å². The van der Waals surface area contributed by atoms with Crippen molar-refractivity contribution in [2.75, 3.05) is 0 Å². The minimum Gasteiger partial charge on any atom is -0.361 e. The number of fused-ring (bicyclic) bond motifs is 1. The highest BCUT2D eigenvalue weighted by Crippen LogP contribution is 2.36. The molecule has 0 saturated carbocycles. The topological polar surface area (TPSA) is 26.0 Å². The second kappa shape index (κ2) is 3.33. The third-order valence-electron chi connectivity index (χ3n) is 2.78. The number of alkyl halides is 1. The van der Waals surface area contributed by atoms with E-state index in [4.69, 9.17) is 16.1 Å². The number of halogens is 1. The predicted molar refractivity (Wildman–Crippen MR) is 52.0 cm³/mol. The first kappa shape index (κ1) is 9.07. The van der Waals surface area contributed by atoms with Crippen LogP contribution >= 0.6 is 11.6 Å². The van der Waals surface area contributed by atoms with Crippen LogP contribution in [0.15, 0.2) is 4.52 Å². The Morgan fingerprint density at radius 3 is 3.00 bits per heavy atom. The third-order valence-corrected chi connectivity index (χ3v) is 3.04. The van der Waals surface area contributed by atoms with Crippen molar-refractivity contribution >= 4 is 11.6 Å². The molecule has 0 bridgehead atoms. The summed E-state index contributed by atoms with van der Waals surface area (Å²) in [5.74, 6) is 2.76. The van der Waals surface area contributed by atoms with E-state index in [-0.39, 0.29) is 0 Å². The molecule has 0 fully saturated rings. The zero-order valence-corrected chi connectivity index (χ0v) is 8.77. The standard InChI is InChI=1S/C10H14ClNO/c1-6-3-7(2)10-8(4-6)9(5-11)12-13-10/h6-7H,3-5H2,1-2H3. The Labute approximate surface area is 83.2 Å². The van der Waals surface area contributed by atoms with E-state index in [9.17, 15) is 0 Å². The first-order valence-electron chi connectivity index (χ1n) is 4.75. The first-order valence-corrected chi connectivity index (χ1v) is 5.29. The van der Waals surface area contributed by atoms with Gasteiger partial charge in [0.1, 0.15) is 11.5 Å². The van der Waals surface area contributed by atoms with Gasteiger partial charge in [-0.15, -0.1) is 11.6 Å². The predicted octanol–water partition coefficient (Wildman–Crippen LogP) is 3.10. The van der Waals surface area contributed by atoms with Gasteiger partial charge in [0.2, 0.25) is 0 Å². The van der Waals surface area contributed by atoms with Gasteiger partial charge in [0, 0.05) is 11.5 Å². The Kier molecular flexibility index (Phi) is 2.33. The maximum Gasteiger partial charge on any atom is 0.143 e. The Bertz CT molecular complexity index is 308. The summed E-state index contributed by atoms with van der Waals surface area (Å²) in [4.78, 5) is 0. The molecule has 0 radical (unpaired) electrons. The van der Waals surface area contributed by atoms with Crippen LogP contribution in [-0.2, 0) is 12.3 Å². The molecule has 0 aromatic carbocycles. The molecule has 3 heteroatoms. The van der Waals surface area contributed by atoms with Crippen LogP contribution in [0, 0.1) is 5.92 Å². The van der Waals surface area contributed by atoms with E-state index in [1.165, 1.54) is 12.0 Å².